The Bertz CT molecular complexity index is 982. The fourth-order valence-electron chi connectivity index (χ4n) is 3.20. The van der Waals surface area contributed by atoms with Crippen LogP contribution in [0.1, 0.15) is 25.0 Å². The number of methoxy groups -OCH3 is 1. The third-order valence-electron chi connectivity index (χ3n) is 4.66. The second-order valence-corrected chi connectivity index (χ2v) is 7.10. The highest BCUT2D eigenvalue weighted by Gasteiger charge is 2.74. The summed E-state index contributed by atoms with van der Waals surface area (Å²) in [5.41, 5.74) is -4.51. The van der Waals surface area contributed by atoms with Crippen molar-refractivity contribution in [2.75, 3.05) is 7.11 Å². The zero-order valence-electron chi connectivity index (χ0n) is 16.8. The van der Waals surface area contributed by atoms with Crippen LogP contribution in [0.4, 0.5) is 26.3 Å². The van der Waals surface area contributed by atoms with Crippen LogP contribution in [-0.2, 0) is 0 Å². The molecule has 31 heavy (non-hydrogen) atoms. The summed E-state index contributed by atoms with van der Waals surface area (Å²) in [6.07, 6.45) is -11.6. The zero-order valence-corrected chi connectivity index (χ0v) is 16.8. The molecule has 0 saturated heterocycles. The van der Waals surface area contributed by atoms with E-state index in [0.717, 1.165) is 0 Å². The van der Waals surface area contributed by atoms with Gasteiger partial charge >= 0.3 is 18.0 Å². The van der Waals surface area contributed by atoms with E-state index in [4.69, 9.17) is 4.74 Å². The van der Waals surface area contributed by atoms with Crippen molar-refractivity contribution in [3.63, 3.8) is 0 Å². The summed E-state index contributed by atoms with van der Waals surface area (Å²) in [5, 5.41) is 0. The maximum atomic E-state index is 14.0. The third kappa shape index (κ3) is 3.98. The van der Waals surface area contributed by atoms with Crippen molar-refractivity contribution >= 4 is 11.7 Å². The molecule has 0 N–H and O–H groups in total. The van der Waals surface area contributed by atoms with E-state index in [-0.39, 0.29) is 16.9 Å². The van der Waals surface area contributed by atoms with Gasteiger partial charge in [-0.3, -0.25) is 0 Å². The molecule has 166 valence electrons. The first-order chi connectivity index (χ1) is 14.4. The van der Waals surface area contributed by atoms with Gasteiger partial charge in [-0.15, -0.1) is 0 Å². The minimum absolute atomic E-state index is 0.0363. The lowest BCUT2D eigenvalue weighted by molar-refractivity contribution is -0.293. The molecule has 0 amide bonds. The molecule has 1 aliphatic heterocycles. The lowest BCUT2D eigenvalue weighted by Gasteiger charge is -2.41. The van der Waals surface area contributed by atoms with E-state index in [1.165, 1.54) is 60.5 Å². The van der Waals surface area contributed by atoms with Gasteiger partial charge in [0.2, 0.25) is 0 Å². The van der Waals surface area contributed by atoms with Crippen molar-refractivity contribution in [1.29, 1.82) is 0 Å². The largest absolute Gasteiger partial charge is 0.497 e. The number of aliphatic imine (C=N–C) groups is 2. The number of hydrogen-bond acceptors (Lipinski definition) is 4. The van der Waals surface area contributed by atoms with Gasteiger partial charge < -0.3 is 9.64 Å². The van der Waals surface area contributed by atoms with E-state index in [9.17, 15) is 26.3 Å². The standard InChI is InChI=1S/C21H19F6N3O/c1-13(2)30-17(14-8-5-4-6-9-14)28-19(20(22,23)24,21(25,26)27)29-18(30)15-10-7-11-16(12-15)31-3/h4-13H,1-3H3. The van der Waals surface area contributed by atoms with Crippen LogP contribution < -0.4 is 4.74 Å². The summed E-state index contributed by atoms with van der Waals surface area (Å²) in [4.78, 5) is 7.71. The second kappa shape index (κ2) is 7.90. The maximum absolute atomic E-state index is 14.0. The maximum Gasteiger partial charge on any atom is 0.443 e. The summed E-state index contributed by atoms with van der Waals surface area (Å²) in [6, 6.07) is 12.6. The van der Waals surface area contributed by atoms with Gasteiger partial charge in [0.1, 0.15) is 17.4 Å². The Balaban J connectivity index is 2.40. The molecule has 0 saturated carbocycles. The summed E-state index contributed by atoms with van der Waals surface area (Å²) in [7, 11) is 1.34. The Labute approximate surface area is 174 Å². The van der Waals surface area contributed by atoms with Crippen LogP contribution in [-0.4, -0.2) is 47.7 Å². The van der Waals surface area contributed by atoms with E-state index in [2.05, 4.69) is 9.98 Å². The Morgan fingerprint density at radius 3 is 1.81 bits per heavy atom. The van der Waals surface area contributed by atoms with Gasteiger partial charge in [-0.1, -0.05) is 42.5 Å². The van der Waals surface area contributed by atoms with Crippen LogP contribution in [0, 0.1) is 0 Å². The Hall–Kier alpha value is -3.04. The first kappa shape index (κ1) is 22.6. The van der Waals surface area contributed by atoms with Crippen LogP contribution in [0.5, 0.6) is 5.75 Å². The number of halogens is 6. The van der Waals surface area contributed by atoms with Crippen molar-refractivity contribution in [1.82, 2.24) is 4.90 Å². The highest BCUT2D eigenvalue weighted by molar-refractivity contribution is 6.16. The fourth-order valence-corrected chi connectivity index (χ4v) is 3.20. The number of hydrogen-bond donors (Lipinski definition) is 0. The van der Waals surface area contributed by atoms with Crippen LogP contribution in [0.15, 0.2) is 64.6 Å². The van der Waals surface area contributed by atoms with Crippen molar-refractivity contribution in [2.24, 2.45) is 9.98 Å². The second-order valence-electron chi connectivity index (χ2n) is 7.10. The van der Waals surface area contributed by atoms with Crippen molar-refractivity contribution in [2.45, 2.75) is 37.9 Å². The molecule has 0 atom stereocenters. The molecule has 0 spiro atoms. The topological polar surface area (TPSA) is 37.2 Å². The van der Waals surface area contributed by atoms with Gasteiger partial charge in [-0.05, 0) is 26.0 Å². The van der Waals surface area contributed by atoms with E-state index in [1.54, 1.807) is 19.9 Å². The molecule has 0 aromatic heterocycles. The van der Waals surface area contributed by atoms with Gasteiger partial charge in [-0.25, -0.2) is 9.98 Å². The third-order valence-corrected chi connectivity index (χ3v) is 4.66. The average molecular weight is 443 g/mol. The van der Waals surface area contributed by atoms with E-state index in [1.807, 2.05) is 0 Å². The lowest BCUT2D eigenvalue weighted by atomic mass is 10.0. The predicted octanol–water partition coefficient (Wildman–Crippen LogP) is 5.43. The number of amidine groups is 2. The van der Waals surface area contributed by atoms with E-state index >= 15 is 0 Å². The molecule has 2 aromatic rings. The SMILES string of the molecule is COc1cccc(C2=NC(C(F)(F)F)(C(F)(F)F)N=C(c3ccccc3)N2C(C)C)c1. The Morgan fingerprint density at radius 2 is 1.32 bits per heavy atom. The van der Waals surface area contributed by atoms with Gasteiger partial charge in [0.25, 0.3) is 0 Å². The lowest BCUT2D eigenvalue weighted by Crippen LogP contribution is -2.60. The highest BCUT2D eigenvalue weighted by atomic mass is 19.4. The van der Waals surface area contributed by atoms with Crippen LogP contribution in [0.2, 0.25) is 0 Å². The first-order valence-corrected chi connectivity index (χ1v) is 9.23. The molecular weight excluding hydrogens is 424 g/mol. The zero-order chi connectivity index (χ0) is 23.0. The quantitative estimate of drug-likeness (QED) is 0.591. The van der Waals surface area contributed by atoms with Crippen LogP contribution in [0.3, 0.4) is 0 Å². The molecular formula is C21H19F6N3O. The van der Waals surface area contributed by atoms with Gasteiger partial charge in [0.05, 0.1) is 7.11 Å². The summed E-state index contributed by atoms with van der Waals surface area (Å²) in [5.74, 6) is -0.715. The van der Waals surface area contributed by atoms with E-state index in [0.29, 0.717) is 0 Å². The number of benzene rings is 2. The number of ether oxygens (including phenoxy) is 1. The molecule has 1 aliphatic rings. The number of nitrogens with zero attached hydrogens (tertiary/aromatic N) is 3. The molecule has 0 aliphatic carbocycles. The summed E-state index contributed by atoms with van der Waals surface area (Å²) >= 11 is 0. The average Bonchev–Trinajstić information content (AvgIpc) is 2.71. The molecule has 0 radical (unpaired) electrons. The van der Waals surface area contributed by atoms with Gasteiger partial charge in [-0.2, -0.15) is 26.3 Å². The summed E-state index contributed by atoms with van der Waals surface area (Å²) < 4.78 is 88.9. The minimum atomic E-state index is -5.82. The normalized spacial score (nSPS) is 16.8. The first-order valence-electron chi connectivity index (χ1n) is 9.23. The van der Waals surface area contributed by atoms with Crippen LogP contribution >= 0.6 is 0 Å². The van der Waals surface area contributed by atoms with Crippen molar-refractivity contribution < 1.29 is 31.1 Å². The molecule has 1 heterocycles. The Kier molecular flexibility index (Phi) is 5.77. The van der Waals surface area contributed by atoms with Crippen LogP contribution in [0.25, 0.3) is 0 Å². The molecule has 10 heteroatoms. The van der Waals surface area contributed by atoms with Crippen molar-refractivity contribution in [3.8, 4) is 5.75 Å². The molecule has 0 fully saturated rings. The monoisotopic (exact) mass is 443 g/mol. The number of alkyl halides is 6. The number of rotatable bonds is 4. The minimum Gasteiger partial charge on any atom is -0.497 e. The van der Waals surface area contributed by atoms with E-state index < -0.39 is 35.7 Å². The summed E-state index contributed by atoms with van der Waals surface area (Å²) in [6.45, 7) is 3.25. The Morgan fingerprint density at radius 1 is 0.806 bits per heavy atom. The smallest absolute Gasteiger partial charge is 0.443 e. The molecule has 0 bridgehead atoms. The molecule has 3 rings (SSSR count). The molecule has 4 nitrogen and oxygen atoms in total. The highest BCUT2D eigenvalue weighted by Crippen LogP contribution is 2.49. The van der Waals surface area contributed by atoms with Gasteiger partial charge in [0.15, 0.2) is 0 Å². The molecule has 0 unspecified atom stereocenters. The van der Waals surface area contributed by atoms with Gasteiger partial charge in [0, 0.05) is 17.2 Å². The van der Waals surface area contributed by atoms with Crippen molar-refractivity contribution in [3.05, 3.63) is 65.7 Å². The predicted molar refractivity (Wildman–Crippen MR) is 104 cm³/mol. The molecule has 2 aromatic carbocycles. The fraction of sp³-hybridized carbons (Fsp3) is 0.333.